The summed E-state index contributed by atoms with van der Waals surface area (Å²) in [5.41, 5.74) is -0.178. The molecule has 0 aromatic heterocycles. The first-order valence-electron chi connectivity index (χ1n) is 11.2. The summed E-state index contributed by atoms with van der Waals surface area (Å²) in [6.07, 6.45) is 0. The molecule has 172 valence electrons. The third kappa shape index (κ3) is 5.16. The lowest BCUT2D eigenvalue weighted by Crippen LogP contribution is -2.38. The molecule has 0 saturated carbocycles. The number of carbonyl (C=O) groups is 1. The summed E-state index contributed by atoms with van der Waals surface area (Å²) in [5.74, 6) is -1.62. The van der Waals surface area contributed by atoms with Gasteiger partial charge < -0.3 is 15.0 Å². The van der Waals surface area contributed by atoms with Gasteiger partial charge in [-0.05, 0) is 60.7 Å². The van der Waals surface area contributed by atoms with Crippen molar-refractivity contribution >= 4 is 34.4 Å². The summed E-state index contributed by atoms with van der Waals surface area (Å²) in [5, 5.41) is 24.6. The van der Waals surface area contributed by atoms with E-state index in [2.05, 4.69) is 121 Å². The highest BCUT2D eigenvalue weighted by Gasteiger charge is 2.47. The summed E-state index contributed by atoms with van der Waals surface area (Å²) in [6.45, 7) is 0. The van der Waals surface area contributed by atoms with E-state index in [0.29, 0.717) is 0 Å². The SMILES string of the molecule is O=C([O-])c1ccccc1O.c1ccc([P+](c2ccccc2)(c2ccccc2)c2ccccc2)cc1. The second-order valence-electron chi connectivity index (χ2n) is 7.82. The first-order chi connectivity index (χ1) is 17.1. The largest absolute Gasteiger partial charge is 0.545 e. The van der Waals surface area contributed by atoms with Crippen LogP contribution in [-0.4, -0.2) is 11.1 Å². The number of carbonyl (C=O) groups excluding carboxylic acids is 1. The molecule has 5 rings (SSSR count). The van der Waals surface area contributed by atoms with Gasteiger partial charge in [0.15, 0.2) is 0 Å². The molecule has 0 aliphatic heterocycles. The lowest BCUT2D eigenvalue weighted by Gasteiger charge is -2.27. The van der Waals surface area contributed by atoms with Crippen LogP contribution in [0.1, 0.15) is 10.4 Å². The highest BCUT2D eigenvalue weighted by Crippen LogP contribution is 2.53. The predicted octanol–water partition coefficient (Wildman–Crippen LogP) is 4.06. The molecular formula is C31H25O3P. The van der Waals surface area contributed by atoms with Crippen LogP contribution in [-0.2, 0) is 0 Å². The third-order valence-electron chi connectivity index (χ3n) is 5.70. The number of para-hydroxylation sites is 1. The van der Waals surface area contributed by atoms with Crippen LogP contribution in [0.4, 0.5) is 0 Å². The van der Waals surface area contributed by atoms with Crippen molar-refractivity contribution in [2.24, 2.45) is 0 Å². The standard InChI is InChI=1S/C24H20P.C7H6O3/c1-5-13-21(14-6-1)25(22-15-7-2-8-16-22,23-17-9-3-10-18-23)24-19-11-4-12-20-24;8-6-4-2-1-3-5(6)7(9)10/h1-20H;1-4,8H,(H,9,10)/q+1;/p-1. The molecule has 5 aromatic carbocycles. The molecule has 35 heavy (non-hydrogen) atoms. The zero-order chi connectivity index (χ0) is 24.5. The summed E-state index contributed by atoms with van der Waals surface area (Å²) < 4.78 is 0. The van der Waals surface area contributed by atoms with Crippen LogP contribution in [0.25, 0.3) is 0 Å². The summed E-state index contributed by atoms with van der Waals surface area (Å²) >= 11 is 0. The van der Waals surface area contributed by atoms with Crippen molar-refractivity contribution < 1.29 is 15.0 Å². The van der Waals surface area contributed by atoms with Crippen molar-refractivity contribution in [3.05, 3.63) is 151 Å². The van der Waals surface area contributed by atoms with E-state index in [1.165, 1.54) is 39.4 Å². The number of carboxylic acid groups (broad SMARTS) is 1. The molecule has 1 N–H and O–H groups in total. The molecule has 0 fully saturated rings. The van der Waals surface area contributed by atoms with Gasteiger partial charge in [-0.15, -0.1) is 0 Å². The van der Waals surface area contributed by atoms with E-state index in [1.807, 2.05) is 0 Å². The van der Waals surface area contributed by atoms with Crippen molar-refractivity contribution in [2.75, 3.05) is 0 Å². The maximum atomic E-state index is 10.2. The minimum atomic E-state index is -1.91. The van der Waals surface area contributed by atoms with Crippen molar-refractivity contribution in [2.45, 2.75) is 0 Å². The van der Waals surface area contributed by atoms with Crippen molar-refractivity contribution in [1.29, 1.82) is 0 Å². The lowest BCUT2D eigenvalue weighted by molar-refractivity contribution is -0.255. The molecule has 0 radical (unpaired) electrons. The third-order valence-corrected chi connectivity index (χ3v) is 9.99. The van der Waals surface area contributed by atoms with Gasteiger partial charge in [-0.25, -0.2) is 0 Å². The zero-order valence-corrected chi connectivity index (χ0v) is 20.0. The van der Waals surface area contributed by atoms with Crippen LogP contribution < -0.4 is 26.3 Å². The van der Waals surface area contributed by atoms with E-state index in [9.17, 15) is 9.90 Å². The second-order valence-corrected chi connectivity index (χ2v) is 11.2. The fraction of sp³-hybridized carbons (Fsp3) is 0. The van der Waals surface area contributed by atoms with Crippen LogP contribution in [0, 0.1) is 0 Å². The molecule has 0 saturated heterocycles. The second kappa shape index (κ2) is 11.3. The quantitative estimate of drug-likeness (QED) is 0.389. The van der Waals surface area contributed by atoms with Crippen LogP contribution in [0.5, 0.6) is 5.75 Å². The molecular weight excluding hydrogens is 451 g/mol. The fourth-order valence-electron chi connectivity index (χ4n) is 4.15. The van der Waals surface area contributed by atoms with Crippen LogP contribution >= 0.6 is 7.26 Å². The molecule has 0 spiro atoms. The minimum Gasteiger partial charge on any atom is -0.545 e. The normalized spacial score (nSPS) is 10.6. The minimum absolute atomic E-state index is 0.178. The maximum absolute atomic E-state index is 10.2. The van der Waals surface area contributed by atoms with Gasteiger partial charge in [0.2, 0.25) is 0 Å². The maximum Gasteiger partial charge on any atom is 0.144 e. The Hall–Kier alpha value is -4.20. The lowest BCUT2D eigenvalue weighted by atomic mass is 10.2. The Morgan fingerprint density at radius 1 is 0.486 bits per heavy atom. The highest BCUT2D eigenvalue weighted by molar-refractivity contribution is 8.01. The Kier molecular flexibility index (Phi) is 7.72. The summed E-state index contributed by atoms with van der Waals surface area (Å²) in [7, 11) is -1.91. The van der Waals surface area contributed by atoms with Crippen LogP contribution in [0.15, 0.2) is 146 Å². The van der Waals surface area contributed by atoms with Gasteiger partial charge in [0, 0.05) is 5.56 Å². The molecule has 0 bridgehead atoms. The number of phenols is 1. The van der Waals surface area contributed by atoms with Crippen LogP contribution in [0.2, 0.25) is 0 Å². The fourth-order valence-corrected chi connectivity index (χ4v) is 8.41. The Bertz CT molecular complexity index is 1190. The number of aromatic hydroxyl groups is 1. The number of hydrogen-bond acceptors (Lipinski definition) is 3. The average molecular weight is 477 g/mol. The van der Waals surface area contributed by atoms with Crippen molar-refractivity contribution in [3.8, 4) is 5.75 Å². The summed E-state index contributed by atoms with van der Waals surface area (Å²) in [6, 6.07) is 49.5. The van der Waals surface area contributed by atoms with Crippen molar-refractivity contribution in [3.63, 3.8) is 0 Å². The monoisotopic (exact) mass is 476 g/mol. The molecule has 0 unspecified atom stereocenters. The number of carboxylic acids is 1. The molecule has 0 aliphatic carbocycles. The topological polar surface area (TPSA) is 60.4 Å². The molecule has 0 heterocycles. The molecule has 4 heteroatoms. The molecule has 5 aromatic rings. The van der Waals surface area contributed by atoms with E-state index in [0.717, 1.165) is 0 Å². The molecule has 0 amide bonds. The smallest absolute Gasteiger partial charge is 0.144 e. The van der Waals surface area contributed by atoms with Gasteiger partial charge >= 0.3 is 0 Å². The van der Waals surface area contributed by atoms with Gasteiger partial charge in [0.25, 0.3) is 0 Å². The van der Waals surface area contributed by atoms with E-state index in [-0.39, 0.29) is 11.3 Å². The van der Waals surface area contributed by atoms with E-state index >= 15 is 0 Å². The Labute approximate surface area is 206 Å². The summed E-state index contributed by atoms with van der Waals surface area (Å²) in [4.78, 5) is 10.2. The number of benzene rings is 5. The van der Waals surface area contributed by atoms with E-state index < -0.39 is 13.2 Å². The van der Waals surface area contributed by atoms with Gasteiger partial charge in [-0.1, -0.05) is 84.9 Å². The van der Waals surface area contributed by atoms with Gasteiger partial charge in [-0.2, -0.15) is 0 Å². The van der Waals surface area contributed by atoms with E-state index in [4.69, 9.17) is 5.11 Å². The molecule has 3 nitrogen and oxygen atoms in total. The predicted molar refractivity (Wildman–Crippen MR) is 144 cm³/mol. The van der Waals surface area contributed by atoms with Gasteiger partial charge in [-0.3, -0.25) is 0 Å². The number of rotatable bonds is 5. The zero-order valence-electron chi connectivity index (χ0n) is 19.1. The Morgan fingerprint density at radius 3 is 1.03 bits per heavy atom. The van der Waals surface area contributed by atoms with Crippen LogP contribution in [0.3, 0.4) is 0 Å². The Morgan fingerprint density at radius 2 is 0.771 bits per heavy atom. The Balaban J connectivity index is 0.000000243. The van der Waals surface area contributed by atoms with Crippen molar-refractivity contribution in [1.82, 2.24) is 0 Å². The first-order valence-corrected chi connectivity index (χ1v) is 13.0. The van der Waals surface area contributed by atoms with Gasteiger partial charge in [0.1, 0.15) is 34.2 Å². The average Bonchev–Trinajstić information content (AvgIpc) is 2.92. The first kappa shape index (κ1) is 23.9. The van der Waals surface area contributed by atoms with Gasteiger partial charge in [0.05, 0.1) is 5.97 Å². The molecule has 0 aliphatic rings. The van der Waals surface area contributed by atoms with E-state index in [1.54, 1.807) is 6.07 Å². The number of aromatic carboxylic acids is 1. The number of hydrogen-bond donors (Lipinski definition) is 1. The molecule has 0 atom stereocenters. The highest BCUT2D eigenvalue weighted by atomic mass is 31.2.